The van der Waals surface area contributed by atoms with Gasteiger partial charge in [-0.05, 0) is 30.0 Å². The highest BCUT2D eigenvalue weighted by atomic mass is 15.1. The van der Waals surface area contributed by atoms with Crippen LogP contribution in [0.15, 0.2) is 109 Å². The van der Waals surface area contributed by atoms with Gasteiger partial charge in [-0.2, -0.15) is 0 Å². The molecule has 0 aliphatic carbocycles. The molecule has 0 saturated heterocycles. The van der Waals surface area contributed by atoms with Crippen LogP contribution in [0.5, 0.6) is 0 Å². The van der Waals surface area contributed by atoms with E-state index in [0.29, 0.717) is 0 Å². The molecule has 0 N–H and O–H groups in total. The maximum atomic E-state index is 5.29. The molecular formula is C31H28N2. The van der Waals surface area contributed by atoms with Crippen molar-refractivity contribution < 1.29 is 0 Å². The molecule has 2 nitrogen and oxygen atoms in total. The second-order valence-corrected chi connectivity index (χ2v) is 8.21. The van der Waals surface area contributed by atoms with Crippen molar-refractivity contribution in [1.29, 1.82) is 0 Å². The average molecular weight is 429 g/mol. The summed E-state index contributed by atoms with van der Waals surface area (Å²) in [5.41, 5.74) is 9.46. The van der Waals surface area contributed by atoms with E-state index < -0.39 is 0 Å². The van der Waals surface area contributed by atoms with Crippen molar-refractivity contribution in [2.75, 3.05) is 0 Å². The van der Waals surface area contributed by atoms with E-state index in [1.807, 2.05) is 0 Å². The molecule has 0 bridgehead atoms. The van der Waals surface area contributed by atoms with E-state index in [0.717, 1.165) is 41.3 Å². The van der Waals surface area contributed by atoms with Crippen LogP contribution in [0.25, 0.3) is 45.0 Å². The molecule has 2 heteroatoms. The second kappa shape index (κ2) is 9.30. The summed E-state index contributed by atoms with van der Waals surface area (Å²) in [6.45, 7) is 5.24. The first kappa shape index (κ1) is 21.0. The Kier molecular flexibility index (Phi) is 5.91. The number of nitrogens with zero attached hydrogens (tertiary/aromatic N) is 2. The summed E-state index contributed by atoms with van der Waals surface area (Å²) in [5.74, 6) is 1.01. The number of benzene rings is 4. The van der Waals surface area contributed by atoms with Gasteiger partial charge in [-0.15, -0.1) is 0 Å². The maximum Gasteiger partial charge on any atom is 0.141 e. The van der Waals surface area contributed by atoms with Crippen molar-refractivity contribution in [1.82, 2.24) is 9.55 Å². The zero-order valence-corrected chi connectivity index (χ0v) is 19.2. The lowest BCUT2D eigenvalue weighted by Crippen LogP contribution is -2.01. The minimum atomic E-state index is 0.836. The lowest BCUT2D eigenvalue weighted by molar-refractivity contribution is 0.778. The maximum absolute atomic E-state index is 5.29. The first-order chi connectivity index (χ1) is 16.3. The van der Waals surface area contributed by atoms with Gasteiger partial charge in [-0.3, -0.25) is 0 Å². The normalized spacial score (nSPS) is 11.0. The molecule has 162 valence electrons. The van der Waals surface area contributed by atoms with Gasteiger partial charge >= 0.3 is 0 Å². The van der Waals surface area contributed by atoms with Crippen LogP contribution in [0.1, 0.15) is 19.4 Å². The van der Waals surface area contributed by atoms with Gasteiger partial charge in [0, 0.05) is 23.2 Å². The Hall–Kier alpha value is -3.91. The number of imidazole rings is 1. The fraction of sp³-hybridized carbons (Fsp3) is 0.129. The summed E-state index contributed by atoms with van der Waals surface area (Å²) < 4.78 is 2.36. The quantitative estimate of drug-likeness (QED) is 0.267. The number of aryl methyl sites for hydroxylation is 1. The van der Waals surface area contributed by atoms with E-state index in [2.05, 4.69) is 128 Å². The van der Waals surface area contributed by atoms with Gasteiger partial charge in [0.2, 0.25) is 0 Å². The van der Waals surface area contributed by atoms with Gasteiger partial charge in [0.05, 0.1) is 11.4 Å². The molecule has 33 heavy (non-hydrogen) atoms. The molecule has 0 aliphatic heterocycles. The van der Waals surface area contributed by atoms with E-state index in [4.69, 9.17) is 4.98 Å². The van der Waals surface area contributed by atoms with Crippen molar-refractivity contribution in [2.45, 2.75) is 26.8 Å². The molecule has 1 aromatic heterocycles. The van der Waals surface area contributed by atoms with Crippen molar-refractivity contribution in [3.05, 3.63) is 115 Å². The summed E-state index contributed by atoms with van der Waals surface area (Å²) in [7, 11) is 0. The molecule has 0 atom stereocenters. The fourth-order valence-corrected chi connectivity index (χ4v) is 4.54. The lowest BCUT2D eigenvalue weighted by Gasteiger charge is -2.14. The first-order valence-corrected chi connectivity index (χ1v) is 11.7. The van der Waals surface area contributed by atoms with Crippen molar-refractivity contribution in [3.63, 3.8) is 0 Å². The van der Waals surface area contributed by atoms with Crippen molar-refractivity contribution in [3.8, 4) is 45.0 Å². The molecular weight excluding hydrogens is 400 g/mol. The third-order valence-electron chi connectivity index (χ3n) is 6.19. The van der Waals surface area contributed by atoms with E-state index in [-0.39, 0.29) is 0 Å². The Balaban J connectivity index is 1.78. The highest BCUT2D eigenvalue weighted by Gasteiger charge is 2.22. The number of hydrogen-bond donors (Lipinski definition) is 0. The van der Waals surface area contributed by atoms with Crippen LogP contribution in [0, 0.1) is 0 Å². The predicted molar refractivity (Wildman–Crippen MR) is 139 cm³/mol. The average Bonchev–Trinajstić information content (AvgIpc) is 3.29. The largest absolute Gasteiger partial charge is 0.324 e. The van der Waals surface area contributed by atoms with Crippen LogP contribution in [-0.2, 0) is 13.0 Å². The molecule has 0 radical (unpaired) electrons. The SMILES string of the molecule is CCc1cccc(-c2ccccc2-c2nc(-c3ccccc3)c(-c3ccccc3)n2CC)c1. The third-order valence-corrected chi connectivity index (χ3v) is 6.19. The molecule has 0 amide bonds. The van der Waals surface area contributed by atoms with E-state index >= 15 is 0 Å². The Bertz CT molecular complexity index is 1360. The summed E-state index contributed by atoms with van der Waals surface area (Å²) in [5, 5.41) is 0. The molecule has 0 spiro atoms. The summed E-state index contributed by atoms with van der Waals surface area (Å²) >= 11 is 0. The summed E-state index contributed by atoms with van der Waals surface area (Å²) in [4.78, 5) is 5.29. The Morgan fingerprint density at radius 3 is 1.88 bits per heavy atom. The fourth-order valence-electron chi connectivity index (χ4n) is 4.54. The lowest BCUT2D eigenvalue weighted by atomic mass is 9.97. The Morgan fingerprint density at radius 2 is 1.21 bits per heavy atom. The minimum Gasteiger partial charge on any atom is -0.324 e. The van der Waals surface area contributed by atoms with Crippen LogP contribution >= 0.6 is 0 Å². The molecule has 0 unspecified atom stereocenters. The Labute approximate surface area is 196 Å². The molecule has 1 heterocycles. The van der Waals surface area contributed by atoms with Gasteiger partial charge in [0.1, 0.15) is 5.82 Å². The molecule has 0 aliphatic rings. The van der Waals surface area contributed by atoms with Gasteiger partial charge in [-0.25, -0.2) is 4.98 Å². The highest BCUT2D eigenvalue weighted by molar-refractivity contribution is 5.87. The highest BCUT2D eigenvalue weighted by Crippen LogP contribution is 2.39. The van der Waals surface area contributed by atoms with Crippen molar-refractivity contribution >= 4 is 0 Å². The molecule has 5 aromatic rings. The number of hydrogen-bond acceptors (Lipinski definition) is 1. The standard InChI is InChI=1S/C31H28N2/c1-3-23-14-13-19-26(22-23)27-20-11-12-21-28(27)31-32-29(24-15-7-5-8-16-24)30(33(31)4-2)25-17-9-6-10-18-25/h5-22H,3-4H2,1-2H3. The topological polar surface area (TPSA) is 17.8 Å². The van der Waals surface area contributed by atoms with Crippen LogP contribution in [0.4, 0.5) is 0 Å². The van der Waals surface area contributed by atoms with Gasteiger partial charge in [0.15, 0.2) is 0 Å². The molecule has 0 saturated carbocycles. The van der Waals surface area contributed by atoms with Gasteiger partial charge in [0.25, 0.3) is 0 Å². The van der Waals surface area contributed by atoms with E-state index in [1.54, 1.807) is 0 Å². The smallest absolute Gasteiger partial charge is 0.141 e. The Morgan fingerprint density at radius 1 is 0.606 bits per heavy atom. The van der Waals surface area contributed by atoms with E-state index in [9.17, 15) is 0 Å². The van der Waals surface area contributed by atoms with Gasteiger partial charge < -0.3 is 4.57 Å². The molecule has 4 aromatic carbocycles. The molecule has 0 fully saturated rings. The van der Waals surface area contributed by atoms with Crippen LogP contribution < -0.4 is 0 Å². The van der Waals surface area contributed by atoms with Crippen molar-refractivity contribution in [2.24, 2.45) is 0 Å². The minimum absolute atomic E-state index is 0.836. The first-order valence-electron chi connectivity index (χ1n) is 11.7. The zero-order chi connectivity index (χ0) is 22.6. The monoisotopic (exact) mass is 428 g/mol. The molecule has 5 rings (SSSR count). The number of aromatic nitrogens is 2. The van der Waals surface area contributed by atoms with Crippen LogP contribution in [0.3, 0.4) is 0 Å². The predicted octanol–water partition coefficient (Wildman–Crippen LogP) is 8.13. The summed E-state index contributed by atoms with van der Waals surface area (Å²) in [6, 6.07) is 38.6. The second-order valence-electron chi connectivity index (χ2n) is 8.21. The zero-order valence-electron chi connectivity index (χ0n) is 19.2. The van der Waals surface area contributed by atoms with Gasteiger partial charge in [-0.1, -0.05) is 116 Å². The third kappa shape index (κ3) is 4.01. The number of rotatable bonds is 6. The van der Waals surface area contributed by atoms with Crippen LogP contribution in [0.2, 0.25) is 0 Å². The van der Waals surface area contributed by atoms with E-state index in [1.165, 1.54) is 22.3 Å². The summed E-state index contributed by atoms with van der Waals surface area (Å²) in [6.07, 6.45) is 1.02. The van der Waals surface area contributed by atoms with Crippen LogP contribution in [-0.4, -0.2) is 9.55 Å².